The van der Waals surface area contributed by atoms with Gasteiger partial charge < -0.3 is 19.2 Å². The van der Waals surface area contributed by atoms with Crippen molar-refractivity contribution in [1.82, 2.24) is 20.0 Å². The zero-order valence-electron chi connectivity index (χ0n) is 18.5. The van der Waals surface area contributed by atoms with E-state index in [0.29, 0.717) is 43.5 Å². The third kappa shape index (κ3) is 8.00. The molecule has 4 aromatic rings. The number of oxazole rings is 1. The van der Waals surface area contributed by atoms with Crippen molar-refractivity contribution in [2.75, 3.05) is 11.9 Å². The first kappa shape index (κ1) is 24.0. The molecule has 2 aromatic heterocycles. The molecule has 0 saturated carbocycles. The summed E-state index contributed by atoms with van der Waals surface area (Å²) >= 11 is 0. The van der Waals surface area contributed by atoms with E-state index < -0.39 is 6.36 Å². The van der Waals surface area contributed by atoms with Gasteiger partial charge in [-0.05, 0) is 41.5 Å². The van der Waals surface area contributed by atoms with Gasteiger partial charge in [-0.25, -0.2) is 4.98 Å². The van der Waals surface area contributed by atoms with Crippen molar-refractivity contribution in [3.8, 4) is 5.75 Å². The van der Waals surface area contributed by atoms with E-state index in [-0.39, 0.29) is 5.75 Å². The van der Waals surface area contributed by atoms with Crippen LogP contribution >= 0.6 is 0 Å². The van der Waals surface area contributed by atoms with E-state index in [1.54, 1.807) is 35.5 Å². The second-order valence-electron chi connectivity index (χ2n) is 7.40. The molecule has 0 bridgehead atoms. The normalized spacial score (nSPS) is 11.7. The Hall–Kier alpha value is -4.12. The quantitative estimate of drug-likeness (QED) is 0.294. The van der Waals surface area contributed by atoms with Crippen LogP contribution in [0.3, 0.4) is 0 Å². The van der Waals surface area contributed by atoms with Crippen LogP contribution in [0.5, 0.6) is 5.75 Å². The molecule has 182 valence electrons. The second kappa shape index (κ2) is 11.3. The van der Waals surface area contributed by atoms with Crippen LogP contribution in [0.2, 0.25) is 0 Å². The van der Waals surface area contributed by atoms with Gasteiger partial charge in [0.25, 0.3) is 0 Å². The Labute approximate surface area is 199 Å². The molecule has 2 aromatic carbocycles. The predicted molar refractivity (Wildman–Crippen MR) is 122 cm³/mol. The minimum absolute atomic E-state index is 0.275. The predicted octanol–water partition coefficient (Wildman–Crippen LogP) is 5.16. The lowest BCUT2D eigenvalue weighted by atomic mass is 10.2. The molecule has 0 spiro atoms. The summed E-state index contributed by atoms with van der Waals surface area (Å²) in [6.45, 7) is 2.17. The van der Waals surface area contributed by atoms with E-state index in [9.17, 15) is 13.2 Å². The summed E-state index contributed by atoms with van der Waals surface area (Å²) in [6.07, 6.45) is 3.58. The first-order valence-electron chi connectivity index (χ1n) is 10.7. The molecule has 35 heavy (non-hydrogen) atoms. The maximum absolute atomic E-state index is 12.2. The number of nitrogens with zero attached hydrogens (tertiary/aromatic N) is 4. The van der Waals surface area contributed by atoms with Crippen LogP contribution in [0.15, 0.2) is 71.6 Å². The highest BCUT2D eigenvalue weighted by atomic mass is 19.4. The van der Waals surface area contributed by atoms with Crippen molar-refractivity contribution in [3.63, 3.8) is 0 Å². The van der Waals surface area contributed by atoms with Gasteiger partial charge >= 0.3 is 6.36 Å². The molecule has 0 aliphatic heterocycles. The average molecular weight is 485 g/mol. The molecular formula is C24H22F3N5O3. The van der Waals surface area contributed by atoms with Gasteiger partial charge in [-0.2, -0.15) is 0 Å². The van der Waals surface area contributed by atoms with Crippen molar-refractivity contribution in [2.45, 2.75) is 26.1 Å². The minimum atomic E-state index is -4.71. The van der Waals surface area contributed by atoms with Crippen LogP contribution in [0.4, 0.5) is 18.9 Å². The van der Waals surface area contributed by atoms with Gasteiger partial charge in [0, 0.05) is 18.0 Å². The first-order chi connectivity index (χ1) is 16.9. The SMILES string of the molecule is FC(F)(F)Oc1ccc(C=Cc2nc(CNc3ccc(COCCn4ccnn4)cc3)co2)cc1. The third-order valence-electron chi connectivity index (χ3n) is 4.73. The largest absolute Gasteiger partial charge is 0.573 e. The number of halogens is 3. The zero-order chi connectivity index (χ0) is 24.5. The van der Waals surface area contributed by atoms with Gasteiger partial charge in [0.2, 0.25) is 5.89 Å². The Balaban J connectivity index is 1.20. The van der Waals surface area contributed by atoms with Crippen molar-refractivity contribution < 1.29 is 27.1 Å². The van der Waals surface area contributed by atoms with Crippen LogP contribution in [-0.4, -0.2) is 32.9 Å². The van der Waals surface area contributed by atoms with Gasteiger partial charge in [-0.1, -0.05) is 29.5 Å². The van der Waals surface area contributed by atoms with Crippen LogP contribution in [0, 0.1) is 0 Å². The molecular weight excluding hydrogens is 463 g/mol. The van der Waals surface area contributed by atoms with Crippen LogP contribution in [-0.2, 0) is 24.4 Å². The number of ether oxygens (including phenoxy) is 2. The summed E-state index contributed by atoms with van der Waals surface area (Å²) in [7, 11) is 0. The summed E-state index contributed by atoms with van der Waals surface area (Å²) < 4.78 is 53.3. The fourth-order valence-electron chi connectivity index (χ4n) is 3.04. The summed E-state index contributed by atoms with van der Waals surface area (Å²) in [5, 5.41) is 10.9. The molecule has 8 nitrogen and oxygen atoms in total. The number of nitrogens with one attached hydrogen (secondary N) is 1. The fourth-order valence-corrected chi connectivity index (χ4v) is 3.04. The maximum atomic E-state index is 12.2. The van der Waals surface area contributed by atoms with E-state index in [0.717, 1.165) is 11.3 Å². The van der Waals surface area contributed by atoms with Crippen molar-refractivity contribution >= 4 is 17.8 Å². The van der Waals surface area contributed by atoms with Crippen molar-refractivity contribution in [1.29, 1.82) is 0 Å². The average Bonchev–Trinajstić information content (AvgIpc) is 3.52. The van der Waals surface area contributed by atoms with Crippen LogP contribution < -0.4 is 10.1 Å². The summed E-state index contributed by atoms with van der Waals surface area (Å²) in [6, 6.07) is 13.4. The molecule has 0 unspecified atom stereocenters. The molecule has 0 saturated heterocycles. The van der Waals surface area contributed by atoms with Gasteiger partial charge in [0.15, 0.2) is 0 Å². The number of hydrogen-bond donors (Lipinski definition) is 1. The van der Waals surface area contributed by atoms with E-state index >= 15 is 0 Å². The smallest absolute Gasteiger partial charge is 0.445 e. The number of aromatic nitrogens is 4. The van der Waals surface area contributed by atoms with E-state index in [2.05, 4.69) is 25.3 Å². The van der Waals surface area contributed by atoms with Gasteiger partial charge in [0.1, 0.15) is 12.0 Å². The minimum Gasteiger partial charge on any atom is -0.445 e. The Morgan fingerprint density at radius 1 is 1.03 bits per heavy atom. The summed E-state index contributed by atoms with van der Waals surface area (Å²) in [4.78, 5) is 4.37. The molecule has 0 amide bonds. The Kier molecular flexibility index (Phi) is 7.78. The number of alkyl halides is 3. The lowest BCUT2D eigenvalue weighted by molar-refractivity contribution is -0.274. The van der Waals surface area contributed by atoms with Crippen molar-refractivity contribution in [2.24, 2.45) is 0 Å². The number of rotatable bonds is 11. The maximum Gasteiger partial charge on any atom is 0.573 e. The Morgan fingerprint density at radius 3 is 2.54 bits per heavy atom. The second-order valence-corrected chi connectivity index (χ2v) is 7.40. The monoisotopic (exact) mass is 485 g/mol. The van der Waals surface area contributed by atoms with E-state index in [4.69, 9.17) is 9.15 Å². The van der Waals surface area contributed by atoms with Gasteiger partial charge in [-0.15, -0.1) is 18.3 Å². The lowest BCUT2D eigenvalue weighted by Gasteiger charge is -2.08. The Bertz CT molecular complexity index is 1200. The first-order valence-corrected chi connectivity index (χ1v) is 10.7. The summed E-state index contributed by atoms with van der Waals surface area (Å²) in [5.41, 5.74) is 3.37. The van der Waals surface area contributed by atoms with E-state index in [1.807, 2.05) is 24.3 Å². The topological polar surface area (TPSA) is 87.2 Å². The Morgan fingerprint density at radius 2 is 1.83 bits per heavy atom. The molecule has 2 heterocycles. The van der Waals surface area contributed by atoms with Crippen LogP contribution in [0.25, 0.3) is 12.2 Å². The third-order valence-corrected chi connectivity index (χ3v) is 4.73. The highest BCUT2D eigenvalue weighted by Gasteiger charge is 2.30. The van der Waals surface area contributed by atoms with Crippen molar-refractivity contribution in [3.05, 3.63) is 89.9 Å². The molecule has 0 fully saturated rings. The molecule has 11 heteroatoms. The highest BCUT2D eigenvalue weighted by Crippen LogP contribution is 2.23. The molecule has 4 rings (SSSR count). The number of benzene rings is 2. The van der Waals surface area contributed by atoms with E-state index in [1.165, 1.54) is 24.3 Å². The lowest BCUT2D eigenvalue weighted by Crippen LogP contribution is -2.16. The number of anilines is 1. The number of hydrogen-bond acceptors (Lipinski definition) is 7. The molecule has 0 atom stereocenters. The zero-order valence-corrected chi connectivity index (χ0v) is 18.5. The van der Waals surface area contributed by atoms with Gasteiger partial charge in [-0.3, -0.25) is 4.68 Å². The molecule has 0 aliphatic rings. The highest BCUT2D eigenvalue weighted by molar-refractivity contribution is 5.66. The fraction of sp³-hybridized carbons (Fsp3) is 0.208. The van der Waals surface area contributed by atoms with Crippen LogP contribution in [0.1, 0.15) is 22.7 Å². The molecule has 0 aliphatic carbocycles. The standard InChI is InChI=1S/C24H22F3N5O3/c25-24(26,27)35-22-8-3-18(4-9-22)5-10-23-30-21(17-34-23)15-28-20-6-1-19(2-7-20)16-33-14-13-32-12-11-29-31-32/h1-12,17,28H,13-16H2. The summed E-state index contributed by atoms with van der Waals surface area (Å²) in [5.74, 6) is 0.110. The molecule has 1 N–H and O–H groups in total. The van der Waals surface area contributed by atoms with Gasteiger partial charge in [0.05, 0.1) is 38.2 Å². The molecule has 0 radical (unpaired) electrons.